The molecule has 0 radical (unpaired) electrons. The summed E-state index contributed by atoms with van der Waals surface area (Å²) < 4.78 is 0. The van der Waals surface area contributed by atoms with Crippen LogP contribution in [0.4, 0.5) is 0 Å². The first kappa shape index (κ1) is 17.0. The van der Waals surface area contributed by atoms with Crippen molar-refractivity contribution in [3.05, 3.63) is 22.4 Å². The number of carboxylic acid groups (broad SMARTS) is 1. The largest absolute Gasteiger partial charge is 0.480 e. The van der Waals surface area contributed by atoms with E-state index in [1.807, 2.05) is 17.5 Å². The molecule has 0 aromatic carbocycles. The van der Waals surface area contributed by atoms with Crippen LogP contribution in [-0.2, 0) is 9.59 Å². The van der Waals surface area contributed by atoms with Crippen molar-refractivity contribution >= 4 is 23.2 Å². The molecule has 0 saturated carbocycles. The van der Waals surface area contributed by atoms with Crippen LogP contribution in [0.2, 0.25) is 0 Å². The highest BCUT2D eigenvalue weighted by molar-refractivity contribution is 7.10. The highest BCUT2D eigenvalue weighted by Crippen LogP contribution is 2.35. The number of carbonyl (C=O) groups is 2. The quantitative estimate of drug-likeness (QED) is 0.873. The number of likely N-dealkylation sites (tertiary alicyclic amines) is 1. The zero-order valence-corrected chi connectivity index (χ0v) is 14.2. The lowest BCUT2D eigenvalue weighted by Crippen LogP contribution is -2.45. The maximum Gasteiger partial charge on any atom is 0.320 e. The van der Waals surface area contributed by atoms with E-state index < -0.39 is 12.0 Å². The minimum absolute atomic E-state index is 0.0640. The molecule has 1 aliphatic heterocycles. The summed E-state index contributed by atoms with van der Waals surface area (Å²) >= 11 is 1.63. The van der Waals surface area contributed by atoms with Gasteiger partial charge in [0.25, 0.3) is 0 Å². The molecule has 122 valence electrons. The first-order valence-electron chi connectivity index (χ1n) is 7.58. The number of amides is 1. The number of rotatable bonds is 5. The Morgan fingerprint density at radius 2 is 2.23 bits per heavy atom. The molecule has 2 rings (SSSR count). The van der Waals surface area contributed by atoms with Gasteiger partial charge in [-0.1, -0.05) is 26.8 Å². The van der Waals surface area contributed by atoms with Gasteiger partial charge in [0.05, 0.1) is 12.6 Å². The van der Waals surface area contributed by atoms with E-state index >= 15 is 0 Å². The second-order valence-corrected chi connectivity index (χ2v) is 7.83. The van der Waals surface area contributed by atoms with Gasteiger partial charge < -0.3 is 10.4 Å². The lowest BCUT2D eigenvalue weighted by atomic mass is 9.85. The predicted octanol–water partition coefficient (Wildman–Crippen LogP) is 2.50. The second kappa shape index (κ2) is 6.79. The van der Waals surface area contributed by atoms with Crippen LogP contribution in [0.25, 0.3) is 0 Å². The summed E-state index contributed by atoms with van der Waals surface area (Å²) in [5.74, 6) is -0.947. The molecular formula is C16H24N2O3S. The van der Waals surface area contributed by atoms with Gasteiger partial charge >= 0.3 is 5.97 Å². The van der Waals surface area contributed by atoms with Crippen molar-refractivity contribution in [3.8, 4) is 0 Å². The van der Waals surface area contributed by atoms with Gasteiger partial charge in [0.15, 0.2) is 0 Å². The number of hydrogen-bond acceptors (Lipinski definition) is 4. The Morgan fingerprint density at radius 3 is 2.77 bits per heavy atom. The molecule has 0 spiro atoms. The molecule has 6 heteroatoms. The van der Waals surface area contributed by atoms with Crippen molar-refractivity contribution in [2.75, 3.05) is 13.1 Å². The lowest BCUT2D eigenvalue weighted by Gasteiger charge is -2.31. The SMILES string of the molecule is CC(C)(C)[C@H](NC(=O)CN1CCC[C@H]1C(=O)O)c1cccs1. The molecule has 0 bridgehead atoms. The van der Waals surface area contributed by atoms with E-state index in [1.165, 1.54) is 0 Å². The van der Waals surface area contributed by atoms with Crippen LogP contribution < -0.4 is 5.32 Å². The van der Waals surface area contributed by atoms with Gasteiger partial charge in [0, 0.05) is 4.88 Å². The summed E-state index contributed by atoms with van der Waals surface area (Å²) in [5.41, 5.74) is -0.0995. The van der Waals surface area contributed by atoms with E-state index in [0.29, 0.717) is 13.0 Å². The van der Waals surface area contributed by atoms with Crippen molar-refractivity contribution in [2.24, 2.45) is 5.41 Å². The van der Waals surface area contributed by atoms with Gasteiger partial charge in [-0.25, -0.2) is 0 Å². The molecule has 1 aromatic rings. The standard InChI is InChI=1S/C16H24N2O3S/c1-16(2,3)14(12-7-5-9-22-12)17-13(19)10-18-8-4-6-11(18)15(20)21/h5,7,9,11,14H,4,6,8,10H2,1-3H3,(H,17,19)(H,20,21)/t11-,14+/m0/s1. The Bertz CT molecular complexity index is 522. The van der Waals surface area contributed by atoms with Crippen LogP contribution in [0.3, 0.4) is 0 Å². The Hall–Kier alpha value is -1.40. The maximum absolute atomic E-state index is 12.4. The molecule has 1 amide bonds. The van der Waals surface area contributed by atoms with Gasteiger partial charge in [-0.15, -0.1) is 11.3 Å². The average Bonchev–Trinajstić information content (AvgIpc) is 3.05. The number of nitrogens with zero attached hydrogens (tertiary/aromatic N) is 1. The Labute approximate surface area is 135 Å². The smallest absolute Gasteiger partial charge is 0.320 e. The molecule has 2 atom stereocenters. The molecule has 1 aromatic heterocycles. The molecule has 5 nitrogen and oxygen atoms in total. The van der Waals surface area contributed by atoms with Crippen molar-refractivity contribution in [2.45, 2.75) is 45.7 Å². The monoisotopic (exact) mass is 324 g/mol. The molecule has 22 heavy (non-hydrogen) atoms. The molecule has 2 heterocycles. The molecule has 1 aliphatic rings. The van der Waals surface area contributed by atoms with Crippen molar-refractivity contribution in [3.63, 3.8) is 0 Å². The van der Waals surface area contributed by atoms with Gasteiger partial charge in [-0.3, -0.25) is 14.5 Å². The summed E-state index contributed by atoms with van der Waals surface area (Å²) in [7, 11) is 0. The zero-order chi connectivity index (χ0) is 16.3. The predicted molar refractivity (Wildman–Crippen MR) is 86.9 cm³/mol. The lowest BCUT2D eigenvalue weighted by molar-refractivity contribution is -0.142. The zero-order valence-electron chi connectivity index (χ0n) is 13.3. The Morgan fingerprint density at radius 1 is 1.50 bits per heavy atom. The topological polar surface area (TPSA) is 69.6 Å². The first-order valence-corrected chi connectivity index (χ1v) is 8.46. The summed E-state index contributed by atoms with van der Waals surface area (Å²) in [4.78, 5) is 26.4. The first-order chi connectivity index (χ1) is 10.3. The minimum Gasteiger partial charge on any atom is -0.480 e. The summed E-state index contributed by atoms with van der Waals surface area (Å²) in [5, 5.41) is 14.3. The van der Waals surface area contributed by atoms with E-state index in [9.17, 15) is 14.7 Å². The van der Waals surface area contributed by atoms with Crippen molar-refractivity contribution in [1.82, 2.24) is 10.2 Å². The third kappa shape index (κ3) is 4.08. The number of thiophene rings is 1. The van der Waals surface area contributed by atoms with Crippen LogP contribution in [0, 0.1) is 5.41 Å². The van der Waals surface area contributed by atoms with Gasteiger partial charge in [0.2, 0.25) is 5.91 Å². The number of nitrogens with one attached hydrogen (secondary N) is 1. The van der Waals surface area contributed by atoms with Crippen LogP contribution >= 0.6 is 11.3 Å². The van der Waals surface area contributed by atoms with E-state index in [1.54, 1.807) is 16.2 Å². The van der Waals surface area contributed by atoms with Gasteiger partial charge in [-0.2, -0.15) is 0 Å². The highest BCUT2D eigenvalue weighted by atomic mass is 32.1. The number of carbonyl (C=O) groups excluding carboxylic acids is 1. The highest BCUT2D eigenvalue weighted by Gasteiger charge is 2.33. The fraction of sp³-hybridized carbons (Fsp3) is 0.625. The second-order valence-electron chi connectivity index (χ2n) is 6.85. The van der Waals surface area contributed by atoms with Crippen LogP contribution in [0.1, 0.15) is 44.5 Å². The third-order valence-corrected chi connectivity index (χ3v) is 4.93. The van der Waals surface area contributed by atoms with Crippen molar-refractivity contribution < 1.29 is 14.7 Å². The number of carboxylic acids is 1. The fourth-order valence-corrected chi connectivity index (χ4v) is 3.88. The van der Waals surface area contributed by atoms with Crippen molar-refractivity contribution in [1.29, 1.82) is 0 Å². The molecule has 1 fully saturated rings. The summed E-state index contributed by atoms with van der Waals surface area (Å²) in [6.07, 6.45) is 1.45. The fourth-order valence-electron chi connectivity index (χ4n) is 2.86. The molecule has 0 aliphatic carbocycles. The molecule has 0 unspecified atom stereocenters. The molecular weight excluding hydrogens is 300 g/mol. The van der Waals surface area contributed by atoms with Crippen LogP contribution in [0.15, 0.2) is 17.5 Å². The van der Waals surface area contributed by atoms with Gasteiger partial charge in [0.1, 0.15) is 6.04 Å². The summed E-state index contributed by atoms with van der Waals surface area (Å²) in [6, 6.07) is 3.41. The number of aliphatic carboxylic acids is 1. The average molecular weight is 324 g/mol. The maximum atomic E-state index is 12.4. The van der Waals surface area contributed by atoms with E-state index in [-0.39, 0.29) is 23.9 Å². The third-order valence-electron chi connectivity index (χ3n) is 3.99. The summed E-state index contributed by atoms with van der Waals surface area (Å²) in [6.45, 7) is 7.09. The number of hydrogen-bond donors (Lipinski definition) is 2. The Kier molecular flexibility index (Phi) is 5.24. The van der Waals surface area contributed by atoms with Gasteiger partial charge in [-0.05, 0) is 36.2 Å². The Balaban J connectivity index is 2.01. The molecule has 2 N–H and O–H groups in total. The van der Waals surface area contributed by atoms with Crippen LogP contribution in [0.5, 0.6) is 0 Å². The normalized spacial score (nSPS) is 20.8. The van der Waals surface area contributed by atoms with E-state index in [2.05, 4.69) is 26.1 Å². The van der Waals surface area contributed by atoms with E-state index in [4.69, 9.17) is 0 Å². The van der Waals surface area contributed by atoms with E-state index in [0.717, 1.165) is 11.3 Å². The molecule has 1 saturated heterocycles. The minimum atomic E-state index is -0.837. The van der Waals surface area contributed by atoms with Crippen LogP contribution in [-0.4, -0.2) is 41.0 Å².